The lowest BCUT2D eigenvalue weighted by molar-refractivity contribution is 0.359. The molecule has 0 aliphatic carbocycles. The molecule has 7 nitrogen and oxygen atoms in total. The lowest BCUT2D eigenvalue weighted by atomic mass is 10.1. The van der Waals surface area contributed by atoms with E-state index in [0.717, 1.165) is 43.4 Å². The lowest BCUT2D eigenvalue weighted by Crippen LogP contribution is -2.35. The van der Waals surface area contributed by atoms with Crippen LogP contribution in [-0.4, -0.2) is 45.1 Å². The highest BCUT2D eigenvalue weighted by Gasteiger charge is 2.22. The molecule has 2 aromatic rings. The van der Waals surface area contributed by atoms with Crippen LogP contribution in [0.25, 0.3) is 0 Å². The van der Waals surface area contributed by atoms with Crippen LogP contribution in [0.2, 0.25) is 0 Å². The lowest BCUT2D eigenvalue weighted by Gasteiger charge is -2.32. The minimum absolute atomic E-state index is 0.445. The standard InChI is InChI=1S/C13H19N7/c1-10-16-12(14-2)9-13(17-10)19-6-3-11(4-7-19)20-8-5-15-18-20/h5,8-9,11H,3-4,6-7H2,1-2H3,(H,14,16,17). The van der Waals surface area contributed by atoms with Crippen molar-refractivity contribution < 1.29 is 0 Å². The molecule has 1 aliphatic heterocycles. The number of aromatic nitrogens is 5. The summed E-state index contributed by atoms with van der Waals surface area (Å²) in [6.45, 7) is 3.88. The summed E-state index contributed by atoms with van der Waals surface area (Å²) in [6, 6.07) is 2.45. The molecule has 0 aromatic carbocycles. The van der Waals surface area contributed by atoms with Gasteiger partial charge in [0.2, 0.25) is 0 Å². The normalized spacial score (nSPS) is 16.4. The molecule has 1 N–H and O–H groups in total. The van der Waals surface area contributed by atoms with Crippen LogP contribution in [0.1, 0.15) is 24.7 Å². The van der Waals surface area contributed by atoms with Crippen molar-refractivity contribution in [3.63, 3.8) is 0 Å². The van der Waals surface area contributed by atoms with E-state index in [-0.39, 0.29) is 0 Å². The van der Waals surface area contributed by atoms with Crippen LogP contribution in [-0.2, 0) is 0 Å². The first-order valence-corrected chi connectivity index (χ1v) is 6.90. The maximum atomic E-state index is 4.53. The number of hydrogen-bond acceptors (Lipinski definition) is 6. The Morgan fingerprint density at radius 3 is 2.70 bits per heavy atom. The van der Waals surface area contributed by atoms with Gasteiger partial charge in [-0.1, -0.05) is 5.21 Å². The third-order valence-electron chi connectivity index (χ3n) is 3.68. The number of piperidine rings is 1. The summed E-state index contributed by atoms with van der Waals surface area (Å²) in [5.74, 6) is 2.66. The van der Waals surface area contributed by atoms with E-state index in [9.17, 15) is 0 Å². The van der Waals surface area contributed by atoms with Crippen molar-refractivity contribution in [1.29, 1.82) is 0 Å². The van der Waals surface area contributed by atoms with E-state index < -0.39 is 0 Å². The molecule has 7 heteroatoms. The second kappa shape index (κ2) is 5.44. The molecule has 1 fully saturated rings. The third-order valence-corrected chi connectivity index (χ3v) is 3.68. The molecular formula is C13H19N7. The highest BCUT2D eigenvalue weighted by atomic mass is 15.4. The summed E-state index contributed by atoms with van der Waals surface area (Å²) < 4.78 is 1.96. The Morgan fingerprint density at radius 1 is 1.25 bits per heavy atom. The summed E-state index contributed by atoms with van der Waals surface area (Å²) >= 11 is 0. The maximum absolute atomic E-state index is 4.53. The molecule has 2 aromatic heterocycles. The first-order valence-electron chi connectivity index (χ1n) is 6.90. The summed E-state index contributed by atoms with van der Waals surface area (Å²) in [6.07, 6.45) is 5.79. The minimum Gasteiger partial charge on any atom is -0.373 e. The van der Waals surface area contributed by atoms with Crippen molar-refractivity contribution >= 4 is 11.6 Å². The summed E-state index contributed by atoms with van der Waals surface area (Å²) in [7, 11) is 1.88. The third kappa shape index (κ3) is 2.56. The molecule has 3 rings (SSSR count). The molecule has 20 heavy (non-hydrogen) atoms. The number of hydrogen-bond donors (Lipinski definition) is 1. The van der Waals surface area contributed by atoms with Gasteiger partial charge in [0.05, 0.1) is 12.2 Å². The largest absolute Gasteiger partial charge is 0.373 e. The quantitative estimate of drug-likeness (QED) is 0.907. The zero-order chi connectivity index (χ0) is 13.9. The molecular weight excluding hydrogens is 254 g/mol. The Morgan fingerprint density at radius 2 is 2.05 bits per heavy atom. The fourth-order valence-electron chi connectivity index (χ4n) is 2.61. The summed E-state index contributed by atoms with van der Waals surface area (Å²) in [5, 5.41) is 11.0. The molecule has 0 bridgehead atoms. The monoisotopic (exact) mass is 273 g/mol. The van der Waals surface area contributed by atoms with Crippen molar-refractivity contribution in [1.82, 2.24) is 25.0 Å². The fraction of sp³-hybridized carbons (Fsp3) is 0.538. The topological polar surface area (TPSA) is 71.8 Å². The van der Waals surface area contributed by atoms with Crippen molar-refractivity contribution in [3.8, 4) is 0 Å². The van der Waals surface area contributed by atoms with Gasteiger partial charge in [0, 0.05) is 32.4 Å². The Kier molecular flexibility index (Phi) is 3.49. The predicted octanol–water partition coefficient (Wildman–Crippen LogP) is 1.26. The molecule has 0 unspecified atom stereocenters. The minimum atomic E-state index is 0.445. The van der Waals surface area contributed by atoms with Gasteiger partial charge in [-0.25, -0.2) is 14.6 Å². The van der Waals surface area contributed by atoms with Gasteiger partial charge in [-0.2, -0.15) is 0 Å². The zero-order valence-electron chi connectivity index (χ0n) is 11.8. The Bertz CT molecular complexity index is 558. The van der Waals surface area contributed by atoms with Crippen LogP contribution in [0.3, 0.4) is 0 Å². The Labute approximate surface area is 118 Å². The van der Waals surface area contributed by atoms with Gasteiger partial charge in [0.1, 0.15) is 17.5 Å². The van der Waals surface area contributed by atoms with Crippen LogP contribution in [0.15, 0.2) is 18.5 Å². The first-order chi connectivity index (χ1) is 9.76. The van der Waals surface area contributed by atoms with Crippen LogP contribution >= 0.6 is 0 Å². The van der Waals surface area contributed by atoms with Crippen LogP contribution in [0.5, 0.6) is 0 Å². The number of anilines is 2. The molecule has 1 saturated heterocycles. The number of aryl methyl sites for hydroxylation is 1. The van der Waals surface area contributed by atoms with E-state index in [2.05, 4.69) is 30.5 Å². The highest BCUT2D eigenvalue weighted by Crippen LogP contribution is 2.25. The molecule has 0 amide bonds. The average molecular weight is 273 g/mol. The van der Waals surface area contributed by atoms with Crippen molar-refractivity contribution in [2.24, 2.45) is 0 Å². The smallest absolute Gasteiger partial charge is 0.134 e. The van der Waals surface area contributed by atoms with E-state index in [1.807, 2.05) is 30.9 Å². The van der Waals surface area contributed by atoms with Gasteiger partial charge >= 0.3 is 0 Å². The SMILES string of the molecule is CNc1cc(N2CCC(n3ccnn3)CC2)nc(C)n1. The fourth-order valence-corrected chi connectivity index (χ4v) is 2.61. The van der Waals surface area contributed by atoms with Crippen LogP contribution in [0, 0.1) is 6.92 Å². The molecule has 0 saturated carbocycles. The summed E-state index contributed by atoms with van der Waals surface area (Å²) in [4.78, 5) is 11.2. The van der Waals surface area contributed by atoms with Crippen molar-refractivity contribution in [2.75, 3.05) is 30.4 Å². The van der Waals surface area contributed by atoms with Crippen molar-refractivity contribution in [2.45, 2.75) is 25.8 Å². The van der Waals surface area contributed by atoms with Gasteiger partial charge in [0.15, 0.2) is 0 Å². The Balaban J connectivity index is 1.70. The van der Waals surface area contributed by atoms with Crippen LogP contribution < -0.4 is 10.2 Å². The second-order valence-corrected chi connectivity index (χ2v) is 5.01. The van der Waals surface area contributed by atoms with E-state index in [4.69, 9.17) is 0 Å². The summed E-state index contributed by atoms with van der Waals surface area (Å²) in [5.41, 5.74) is 0. The number of rotatable bonds is 3. The maximum Gasteiger partial charge on any atom is 0.134 e. The van der Waals surface area contributed by atoms with E-state index in [1.165, 1.54) is 0 Å². The first kappa shape index (κ1) is 12.8. The molecule has 0 radical (unpaired) electrons. The predicted molar refractivity (Wildman–Crippen MR) is 76.8 cm³/mol. The molecule has 1 aliphatic rings. The van der Waals surface area contributed by atoms with Gasteiger partial charge in [-0.15, -0.1) is 5.10 Å². The Hall–Kier alpha value is -2.18. The van der Waals surface area contributed by atoms with Gasteiger partial charge in [-0.05, 0) is 19.8 Å². The van der Waals surface area contributed by atoms with E-state index >= 15 is 0 Å². The number of nitrogens with one attached hydrogen (secondary N) is 1. The second-order valence-electron chi connectivity index (χ2n) is 5.01. The molecule has 3 heterocycles. The number of nitrogens with zero attached hydrogens (tertiary/aromatic N) is 6. The van der Waals surface area contributed by atoms with Gasteiger partial charge in [-0.3, -0.25) is 0 Å². The van der Waals surface area contributed by atoms with Crippen molar-refractivity contribution in [3.05, 3.63) is 24.3 Å². The van der Waals surface area contributed by atoms with Gasteiger partial charge < -0.3 is 10.2 Å². The van der Waals surface area contributed by atoms with Gasteiger partial charge in [0.25, 0.3) is 0 Å². The average Bonchev–Trinajstić information content (AvgIpc) is 3.01. The zero-order valence-corrected chi connectivity index (χ0v) is 11.8. The van der Waals surface area contributed by atoms with E-state index in [0.29, 0.717) is 6.04 Å². The molecule has 106 valence electrons. The molecule has 0 atom stereocenters. The molecule has 0 spiro atoms. The highest BCUT2D eigenvalue weighted by molar-refractivity contribution is 5.49. The van der Waals surface area contributed by atoms with E-state index in [1.54, 1.807) is 6.20 Å². The van der Waals surface area contributed by atoms with Crippen LogP contribution in [0.4, 0.5) is 11.6 Å².